The normalized spacial score (nSPS) is 18.9. The zero-order valence-corrected chi connectivity index (χ0v) is 24.3. The lowest BCUT2D eigenvalue weighted by molar-refractivity contribution is 0.175. The summed E-state index contributed by atoms with van der Waals surface area (Å²) in [5.41, 5.74) is 1.74. The Balaban J connectivity index is 1.62. The Hall–Kier alpha value is -1.58. The van der Waals surface area contributed by atoms with Crippen molar-refractivity contribution in [1.82, 2.24) is 9.08 Å². The molecule has 5 N–H and O–H groups in total. The lowest BCUT2D eigenvalue weighted by atomic mass is 10.1. The molecular weight excluding hydrogens is 559 g/mol. The first kappa shape index (κ1) is 30.0. The van der Waals surface area contributed by atoms with Gasteiger partial charge in [-0.1, -0.05) is 19.1 Å². The maximum absolute atomic E-state index is 11.3. The average Bonchev–Trinajstić information content (AvgIpc) is 3.46. The zero-order chi connectivity index (χ0) is 27.4. The molecule has 3 atom stereocenters. The molecular formula is C22H33N3O8P3S+. The van der Waals surface area contributed by atoms with Crippen molar-refractivity contribution in [3.63, 3.8) is 0 Å². The summed E-state index contributed by atoms with van der Waals surface area (Å²) >= 11 is 0. The number of hydrogen-bond donors (Lipinski definition) is 5. The van der Waals surface area contributed by atoms with Crippen LogP contribution in [0.2, 0.25) is 0 Å². The van der Waals surface area contributed by atoms with E-state index < -0.39 is 40.0 Å². The van der Waals surface area contributed by atoms with Crippen LogP contribution in [-0.2, 0) is 25.8 Å². The molecule has 0 spiro atoms. The van der Waals surface area contributed by atoms with Gasteiger partial charge in [-0.15, -0.1) is 5.10 Å². The first-order chi connectivity index (χ1) is 17.2. The number of phenols is 1. The minimum absolute atomic E-state index is 0.0447. The number of hydrogen-bond acceptors (Lipinski definition) is 7. The number of phenolic OH excluding ortho intramolecular Hbond substituents is 1. The van der Waals surface area contributed by atoms with Gasteiger partial charge >= 0.3 is 22.0 Å². The molecule has 2 aromatic rings. The van der Waals surface area contributed by atoms with Crippen LogP contribution < -0.4 is 4.74 Å². The van der Waals surface area contributed by atoms with Gasteiger partial charge in [-0.25, -0.2) is 0 Å². The van der Waals surface area contributed by atoms with Crippen molar-refractivity contribution in [1.29, 1.82) is 0 Å². The molecule has 2 aromatic carbocycles. The van der Waals surface area contributed by atoms with Gasteiger partial charge in [0.2, 0.25) is 0 Å². The molecule has 1 heterocycles. The third kappa shape index (κ3) is 9.29. The molecule has 0 amide bonds. The average molecular weight is 593 g/mol. The molecule has 0 saturated heterocycles. The molecule has 3 rings (SSSR count). The predicted molar refractivity (Wildman–Crippen MR) is 148 cm³/mol. The molecule has 0 bridgehead atoms. The summed E-state index contributed by atoms with van der Waals surface area (Å²) in [5.74, 6) is 0.892. The quantitative estimate of drug-likeness (QED) is 0.171. The smallest absolute Gasteiger partial charge is 0.345 e. The highest BCUT2D eigenvalue weighted by Crippen LogP contribution is 2.61. The van der Waals surface area contributed by atoms with Gasteiger partial charge in [-0.3, -0.25) is 14.0 Å². The van der Waals surface area contributed by atoms with E-state index in [0.29, 0.717) is 12.2 Å². The summed E-state index contributed by atoms with van der Waals surface area (Å²) in [5, 5.41) is 13.6. The highest BCUT2D eigenvalue weighted by atomic mass is 32.6. The standard InChI is InChI=1S/C22H32N3O8P3S/c1-4-22(2,34-25(37(34)3)23-15-19-5-9-20(26)10-6-19)33-21-11-7-18(8-12-21)13-14-24(16-35(27,28)29)17-36(30,31)32/h5-12,15H,4,13-14,16-17H2,1-3H3,(H4-,23,26,27,28,29,30,31,32)/p+1. The Kier molecular flexibility index (Phi) is 9.78. The first-order valence-corrected chi connectivity index (χ1v) is 18.5. The van der Waals surface area contributed by atoms with E-state index in [1.807, 2.05) is 24.3 Å². The van der Waals surface area contributed by atoms with Gasteiger partial charge in [0.05, 0.1) is 6.21 Å². The highest BCUT2D eigenvalue weighted by molar-refractivity contribution is 8.38. The highest BCUT2D eigenvalue weighted by Gasteiger charge is 2.60. The van der Waals surface area contributed by atoms with E-state index >= 15 is 0 Å². The van der Waals surface area contributed by atoms with Gasteiger partial charge in [0.1, 0.15) is 24.1 Å². The van der Waals surface area contributed by atoms with Crippen molar-refractivity contribution in [2.24, 2.45) is 5.10 Å². The Labute approximate surface area is 219 Å². The number of rotatable bonds is 13. The van der Waals surface area contributed by atoms with Crippen molar-refractivity contribution < 1.29 is 38.5 Å². The van der Waals surface area contributed by atoms with Gasteiger partial charge in [-0.05, 0) is 58.1 Å². The zero-order valence-electron chi connectivity index (χ0n) is 20.8. The maximum atomic E-state index is 11.3. The molecule has 204 valence electrons. The van der Waals surface area contributed by atoms with Crippen LogP contribution in [0.5, 0.6) is 11.5 Å². The number of ether oxygens (including phenoxy) is 1. The second kappa shape index (κ2) is 12.1. The summed E-state index contributed by atoms with van der Waals surface area (Å²) in [6.45, 7) is 3.58. The minimum atomic E-state index is -4.46. The predicted octanol–water partition coefficient (Wildman–Crippen LogP) is 3.84. The van der Waals surface area contributed by atoms with Crippen LogP contribution in [0, 0.1) is 0 Å². The van der Waals surface area contributed by atoms with Crippen LogP contribution >= 0.6 is 22.0 Å². The second-order valence-corrected chi connectivity index (χ2v) is 18.1. The fraction of sp³-hybridized carbons (Fsp3) is 0.409. The molecule has 11 nitrogen and oxygen atoms in total. The Bertz CT molecular complexity index is 1220. The fourth-order valence-electron chi connectivity index (χ4n) is 3.63. The van der Waals surface area contributed by atoms with Crippen LogP contribution in [0.3, 0.4) is 0 Å². The Morgan fingerprint density at radius 1 is 1.05 bits per heavy atom. The maximum Gasteiger partial charge on any atom is 0.345 e. The molecule has 1 aliphatic rings. The van der Waals surface area contributed by atoms with E-state index in [1.54, 1.807) is 30.5 Å². The first-order valence-electron chi connectivity index (χ1n) is 11.4. The molecule has 0 fully saturated rings. The SMILES string of the molecule is CCC(C)(Oc1ccc(CCN(CP(=O)(O)O)CP(=O)(O)O)cc1)[P+]1=S(C)N1N=Cc1ccc(O)cc1. The lowest BCUT2D eigenvalue weighted by Crippen LogP contribution is -2.28. The van der Waals surface area contributed by atoms with Crippen molar-refractivity contribution in [3.05, 3.63) is 59.7 Å². The van der Waals surface area contributed by atoms with Crippen molar-refractivity contribution >= 4 is 38.5 Å². The third-order valence-corrected chi connectivity index (χ3v) is 13.9. The number of benzene rings is 2. The fourth-order valence-corrected chi connectivity index (χ4v) is 12.2. The molecule has 3 unspecified atom stereocenters. The van der Waals surface area contributed by atoms with E-state index in [0.717, 1.165) is 22.4 Å². The summed E-state index contributed by atoms with van der Waals surface area (Å²) < 4.78 is 31.2. The van der Waals surface area contributed by atoms with E-state index in [9.17, 15) is 33.8 Å². The Morgan fingerprint density at radius 3 is 2.14 bits per heavy atom. The molecule has 0 aromatic heterocycles. The van der Waals surface area contributed by atoms with Gasteiger partial charge < -0.3 is 29.4 Å². The van der Waals surface area contributed by atoms with Crippen LogP contribution in [-0.4, -0.2) is 70.7 Å². The van der Waals surface area contributed by atoms with Gasteiger partial charge in [-0.2, -0.15) is 0 Å². The topological polar surface area (TPSA) is 163 Å². The second-order valence-electron chi connectivity index (χ2n) is 8.84. The number of hydrazone groups is 1. The monoisotopic (exact) mass is 592 g/mol. The number of aromatic hydroxyl groups is 1. The van der Waals surface area contributed by atoms with E-state index in [2.05, 4.69) is 29.4 Å². The number of nitrogens with zero attached hydrogens (tertiary/aromatic N) is 3. The van der Waals surface area contributed by atoms with E-state index in [1.165, 1.54) is 0 Å². The van der Waals surface area contributed by atoms with Crippen LogP contribution in [0.25, 0.3) is 0 Å². The van der Waals surface area contributed by atoms with Crippen molar-refractivity contribution in [2.75, 3.05) is 25.4 Å². The van der Waals surface area contributed by atoms with Crippen molar-refractivity contribution in [2.45, 2.75) is 32.0 Å². The minimum Gasteiger partial charge on any atom is -0.508 e. The molecule has 15 heteroatoms. The molecule has 0 aliphatic carbocycles. The third-order valence-electron chi connectivity index (χ3n) is 5.62. The van der Waals surface area contributed by atoms with E-state index in [-0.39, 0.29) is 22.6 Å². The summed E-state index contributed by atoms with van der Waals surface area (Å²) in [4.78, 5) is 38.0. The van der Waals surface area contributed by atoms with Gasteiger partial charge in [0.15, 0.2) is 10.3 Å². The molecule has 0 radical (unpaired) electrons. The Morgan fingerprint density at radius 2 is 1.62 bits per heavy atom. The van der Waals surface area contributed by atoms with Crippen LogP contribution in [0.4, 0.5) is 0 Å². The molecule has 1 aliphatic heterocycles. The van der Waals surface area contributed by atoms with Gasteiger partial charge in [0.25, 0.3) is 5.34 Å². The van der Waals surface area contributed by atoms with Gasteiger partial charge in [0, 0.05) is 26.1 Å². The van der Waals surface area contributed by atoms with E-state index in [4.69, 9.17) is 4.74 Å². The van der Waals surface area contributed by atoms with Crippen LogP contribution in [0.1, 0.15) is 31.4 Å². The summed E-state index contributed by atoms with van der Waals surface area (Å²) in [6, 6.07) is 14.2. The van der Waals surface area contributed by atoms with Crippen LogP contribution in [0.15, 0.2) is 53.6 Å². The summed E-state index contributed by atoms with van der Waals surface area (Å²) in [7, 11) is -8.97. The molecule has 37 heavy (non-hydrogen) atoms. The largest absolute Gasteiger partial charge is 0.508 e. The summed E-state index contributed by atoms with van der Waals surface area (Å²) in [6.07, 6.45) is 3.61. The van der Waals surface area contributed by atoms with Crippen molar-refractivity contribution in [3.8, 4) is 11.5 Å². The lowest BCUT2D eigenvalue weighted by Gasteiger charge is -2.23. The molecule has 0 saturated carbocycles.